The van der Waals surface area contributed by atoms with Crippen LogP contribution in [-0.2, 0) is 18.9 Å². The van der Waals surface area contributed by atoms with Gasteiger partial charge in [0.05, 0.1) is 16.4 Å². The summed E-state index contributed by atoms with van der Waals surface area (Å²) in [6.45, 7) is 3.25. The first kappa shape index (κ1) is 15.6. The van der Waals surface area contributed by atoms with Gasteiger partial charge in [0.1, 0.15) is 11.9 Å². The van der Waals surface area contributed by atoms with Gasteiger partial charge in [-0.3, -0.25) is 0 Å². The summed E-state index contributed by atoms with van der Waals surface area (Å²) in [7, 11) is -1.43. The Balaban J connectivity index is 2.28. The summed E-state index contributed by atoms with van der Waals surface area (Å²) >= 11 is 0. The van der Waals surface area contributed by atoms with E-state index in [0.29, 0.717) is 23.3 Å². The predicted molar refractivity (Wildman–Crippen MR) is 76.6 cm³/mol. The maximum absolute atomic E-state index is 11.5. The molecule has 8 heteroatoms. The summed E-state index contributed by atoms with van der Waals surface area (Å²) in [6.07, 6.45) is 0.0768. The monoisotopic (exact) mass is 338 g/mol. The number of halogens is 1. The Labute approximate surface area is 123 Å². The Morgan fingerprint density at radius 3 is 2.20 bits per heavy atom. The molecule has 20 heavy (non-hydrogen) atoms. The molecule has 0 saturated carbocycles. The van der Waals surface area contributed by atoms with Crippen molar-refractivity contribution in [1.82, 2.24) is 0 Å². The lowest BCUT2D eigenvalue weighted by molar-refractivity contribution is 0.228. The highest BCUT2D eigenvalue weighted by Gasteiger charge is 2.29. The summed E-state index contributed by atoms with van der Waals surface area (Å²) in [6, 6.07) is 3.13. The van der Waals surface area contributed by atoms with Gasteiger partial charge in [0.25, 0.3) is 9.05 Å². The molecule has 1 saturated heterocycles. The normalized spacial score (nSPS) is 21.9. The number of rotatable bonds is 3. The fourth-order valence-electron chi connectivity index (χ4n) is 2.41. The summed E-state index contributed by atoms with van der Waals surface area (Å²) in [5, 5.41) is 0. The second-order valence-corrected chi connectivity index (χ2v) is 9.70. The van der Waals surface area contributed by atoms with Crippen molar-refractivity contribution in [3.8, 4) is 5.75 Å². The van der Waals surface area contributed by atoms with Crippen molar-refractivity contribution in [3.05, 3.63) is 23.3 Å². The van der Waals surface area contributed by atoms with Gasteiger partial charge in [0.15, 0.2) is 9.84 Å². The van der Waals surface area contributed by atoms with E-state index in [1.165, 1.54) is 0 Å². The van der Waals surface area contributed by atoms with E-state index in [0.717, 1.165) is 0 Å². The molecule has 0 amide bonds. The Morgan fingerprint density at radius 1 is 1.25 bits per heavy atom. The van der Waals surface area contributed by atoms with Crippen LogP contribution in [0.2, 0.25) is 0 Å². The maximum atomic E-state index is 11.5. The third-order valence-corrected chi connectivity index (χ3v) is 6.50. The van der Waals surface area contributed by atoms with Crippen LogP contribution in [0.25, 0.3) is 0 Å². The van der Waals surface area contributed by atoms with Crippen molar-refractivity contribution in [2.24, 2.45) is 0 Å². The number of hydrogen-bond acceptors (Lipinski definition) is 5. The first-order chi connectivity index (χ1) is 9.08. The topological polar surface area (TPSA) is 77.5 Å². The van der Waals surface area contributed by atoms with Gasteiger partial charge in [0, 0.05) is 10.7 Å². The van der Waals surface area contributed by atoms with Gasteiger partial charge < -0.3 is 4.74 Å². The molecule has 1 aromatic carbocycles. The average molecular weight is 339 g/mol. The first-order valence-electron chi connectivity index (χ1n) is 6.01. The van der Waals surface area contributed by atoms with Crippen molar-refractivity contribution < 1.29 is 21.6 Å². The molecule has 1 fully saturated rings. The van der Waals surface area contributed by atoms with Gasteiger partial charge in [-0.15, -0.1) is 0 Å². The van der Waals surface area contributed by atoms with Crippen LogP contribution in [0.3, 0.4) is 0 Å². The van der Waals surface area contributed by atoms with Crippen LogP contribution in [-0.4, -0.2) is 34.4 Å². The Morgan fingerprint density at radius 2 is 1.80 bits per heavy atom. The number of ether oxygens (including phenoxy) is 1. The Bertz CT molecular complexity index is 714. The van der Waals surface area contributed by atoms with Gasteiger partial charge in [-0.1, -0.05) is 0 Å². The fraction of sp³-hybridized carbons (Fsp3) is 0.500. The summed E-state index contributed by atoms with van der Waals surface area (Å²) in [4.78, 5) is 0.0746. The third kappa shape index (κ3) is 3.45. The van der Waals surface area contributed by atoms with E-state index in [4.69, 9.17) is 15.4 Å². The molecule has 1 heterocycles. The second-order valence-electron chi connectivity index (χ2n) is 4.97. The molecule has 2 rings (SSSR count). The van der Waals surface area contributed by atoms with E-state index in [2.05, 4.69) is 0 Å². The van der Waals surface area contributed by atoms with Crippen LogP contribution in [0.5, 0.6) is 5.75 Å². The van der Waals surface area contributed by atoms with Gasteiger partial charge >= 0.3 is 0 Å². The van der Waals surface area contributed by atoms with E-state index in [-0.39, 0.29) is 22.5 Å². The molecule has 0 aromatic heterocycles. The smallest absolute Gasteiger partial charge is 0.261 e. The quantitative estimate of drug-likeness (QED) is 0.785. The van der Waals surface area contributed by atoms with E-state index in [1.54, 1.807) is 26.0 Å². The number of benzene rings is 1. The minimum atomic E-state index is -3.81. The zero-order valence-corrected chi connectivity index (χ0v) is 13.5. The SMILES string of the molecule is Cc1cc(OC2CCS(=O)(=O)C2)cc(C)c1S(=O)(=O)Cl. The van der Waals surface area contributed by atoms with Gasteiger partial charge in [-0.05, 0) is 43.5 Å². The lowest BCUT2D eigenvalue weighted by Gasteiger charge is -2.15. The molecule has 0 radical (unpaired) electrons. The molecule has 1 aromatic rings. The summed E-state index contributed by atoms with van der Waals surface area (Å²) in [5.74, 6) is 0.593. The van der Waals surface area contributed by atoms with Crippen LogP contribution in [0.15, 0.2) is 17.0 Å². The van der Waals surface area contributed by atoms with Gasteiger partial charge in [-0.25, -0.2) is 16.8 Å². The maximum Gasteiger partial charge on any atom is 0.261 e. The minimum Gasteiger partial charge on any atom is -0.489 e. The van der Waals surface area contributed by atoms with Crippen molar-refractivity contribution in [1.29, 1.82) is 0 Å². The molecule has 1 atom stereocenters. The largest absolute Gasteiger partial charge is 0.489 e. The molecule has 112 valence electrons. The highest BCUT2D eigenvalue weighted by Crippen LogP contribution is 2.29. The lowest BCUT2D eigenvalue weighted by atomic mass is 10.1. The Kier molecular flexibility index (Phi) is 4.05. The van der Waals surface area contributed by atoms with Crippen LogP contribution in [0.1, 0.15) is 17.5 Å². The van der Waals surface area contributed by atoms with Gasteiger partial charge in [0.2, 0.25) is 0 Å². The van der Waals surface area contributed by atoms with Crippen molar-refractivity contribution in [3.63, 3.8) is 0 Å². The Hall–Kier alpha value is -0.790. The second kappa shape index (κ2) is 5.20. The molecular formula is C12H15ClO5S2. The van der Waals surface area contributed by atoms with Crippen molar-refractivity contribution in [2.45, 2.75) is 31.3 Å². The van der Waals surface area contributed by atoms with Crippen LogP contribution >= 0.6 is 10.7 Å². The molecule has 0 spiro atoms. The van der Waals surface area contributed by atoms with E-state index < -0.39 is 18.9 Å². The molecular weight excluding hydrogens is 324 g/mol. The molecule has 0 bridgehead atoms. The highest BCUT2D eigenvalue weighted by molar-refractivity contribution is 8.13. The fourth-order valence-corrected chi connectivity index (χ4v) is 5.62. The summed E-state index contributed by atoms with van der Waals surface area (Å²) < 4.78 is 51.3. The van der Waals surface area contributed by atoms with Crippen molar-refractivity contribution >= 4 is 29.6 Å². The van der Waals surface area contributed by atoms with Crippen LogP contribution in [0.4, 0.5) is 0 Å². The van der Waals surface area contributed by atoms with Crippen molar-refractivity contribution in [2.75, 3.05) is 11.5 Å². The summed E-state index contributed by atoms with van der Waals surface area (Å²) in [5.41, 5.74) is 0.965. The van der Waals surface area contributed by atoms with Gasteiger partial charge in [-0.2, -0.15) is 0 Å². The third-order valence-electron chi connectivity index (χ3n) is 3.17. The minimum absolute atomic E-state index is 0.000646. The van der Waals surface area contributed by atoms with Crippen LogP contribution < -0.4 is 4.74 Å². The number of sulfone groups is 1. The standard InChI is InChI=1S/C12H15ClO5S2/c1-8-5-11(6-9(2)12(8)20(13,16)17)18-10-3-4-19(14,15)7-10/h5-6,10H,3-4,7H2,1-2H3. The van der Waals surface area contributed by atoms with E-state index >= 15 is 0 Å². The average Bonchev–Trinajstić information content (AvgIpc) is 2.54. The number of hydrogen-bond donors (Lipinski definition) is 0. The highest BCUT2D eigenvalue weighted by atomic mass is 35.7. The van der Waals surface area contributed by atoms with Crippen LogP contribution in [0, 0.1) is 13.8 Å². The lowest BCUT2D eigenvalue weighted by Crippen LogP contribution is -2.18. The first-order valence-corrected chi connectivity index (χ1v) is 10.1. The zero-order chi connectivity index (χ0) is 15.1. The molecule has 1 unspecified atom stereocenters. The zero-order valence-electron chi connectivity index (χ0n) is 11.1. The molecule has 0 aliphatic carbocycles. The van der Waals surface area contributed by atoms with E-state index in [1.807, 2.05) is 0 Å². The number of aryl methyl sites for hydroxylation is 2. The van der Waals surface area contributed by atoms with E-state index in [9.17, 15) is 16.8 Å². The molecule has 1 aliphatic rings. The predicted octanol–water partition coefficient (Wildman–Crippen LogP) is 1.80. The molecule has 5 nitrogen and oxygen atoms in total. The molecule has 1 aliphatic heterocycles. The molecule has 0 N–H and O–H groups in total.